The highest BCUT2D eigenvalue weighted by molar-refractivity contribution is 9.10. The van der Waals surface area contributed by atoms with Gasteiger partial charge in [0, 0.05) is 4.47 Å². The Kier molecular flexibility index (Phi) is 5.36. The van der Waals surface area contributed by atoms with Crippen LogP contribution in [0.1, 0.15) is 5.56 Å². The maximum Gasteiger partial charge on any atom is 0.139 e. The molecule has 1 aromatic heterocycles. The molecule has 0 spiro atoms. The number of hydrogen-bond acceptors (Lipinski definition) is 5. The van der Waals surface area contributed by atoms with Crippen molar-refractivity contribution in [3.8, 4) is 11.8 Å². The molecule has 25 heavy (non-hydrogen) atoms. The third-order valence-corrected chi connectivity index (χ3v) is 4.21. The zero-order valence-corrected chi connectivity index (χ0v) is 14.8. The molecule has 0 saturated carbocycles. The number of halogens is 1. The molecular weight excluding hydrogens is 381 g/mol. The van der Waals surface area contributed by atoms with Crippen LogP contribution in [0.2, 0.25) is 0 Å². The number of benzene rings is 2. The van der Waals surface area contributed by atoms with E-state index in [0.29, 0.717) is 24.2 Å². The minimum Gasteiger partial charge on any atom is -0.492 e. The summed E-state index contributed by atoms with van der Waals surface area (Å²) in [4.78, 5) is 0. The first kappa shape index (κ1) is 17.1. The summed E-state index contributed by atoms with van der Waals surface area (Å²) in [7, 11) is 5.78. The lowest BCUT2D eigenvalue weighted by molar-refractivity contribution is 0.319. The van der Waals surface area contributed by atoms with Crippen LogP contribution in [0, 0.1) is 11.3 Å². The molecule has 3 rings (SSSR count). The number of ether oxygens (including phenoxy) is 1. The van der Waals surface area contributed by atoms with Crippen molar-refractivity contribution in [1.29, 1.82) is 5.26 Å². The Labute approximate surface area is 155 Å². The van der Waals surface area contributed by atoms with Gasteiger partial charge in [-0.25, -0.2) is 4.68 Å². The van der Waals surface area contributed by atoms with Gasteiger partial charge in [0.15, 0.2) is 0 Å². The lowest BCUT2D eigenvalue weighted by Gasteiger charge is -2.25. The van der Waals surface area contributed by atoms with E-state index < -0.39 is 0 Å². The van der Waals surface area contributed by atoms with Crippen LogP contribution in [-0.2, 0) is 0 Å². The van der Waals surface area contributed by atoms with Gasteiger partial charge in [0.25, 0.3) is 0 Å². The predicted molar refractivity (Wildman–Crippen MR) is 98.9 cm³/mol. The molecule has 0 aliphatic carbocycles. The smallest absolute Gasteiger partial charge is 0.139 e. The SMILES string of the molecule is [B]c1ccc(OCCN(c2ccc(C#N)cc2)n2cnnc2)cc1Br. The van der Waals surface area contributed by atoms with Crippen LogP contribution in [0.25, 0.3) is 0 Å². The summed E-state index contributed by atoms with van der Waals surface area (Å²) in [5.41, 5.74) is 2.17. The molecule has 6 nitrogen and oxygen atoms in total. The number of rotatable bonds is 6. The van der Waals surface area contributed by atoms with Crippen LogP contribution >= 0.6 is 15.9 Å². The summed E-state index contributed by atoms with van der Waals surface area (Å²) in [5.74, 6) is 0.726. The highest BCUT2D eigenvalue weighted by atomic mass is 79.9. The van der Waals surface area contributed by atoms with E-state index in [-0.39, 0.29) is 0 Å². The number of anilines is 1. The van der Waals surface area contributed by atoms with E-state index in [1.54, 1.807) is 35.5 Å². The van der Waals surface area contributed by atoms with Crippen LogP contribution < -0.4 is 15.2 Å². The van der Waals surface area contributed by atoms with E-state index >= 15 is 0 Å². The molecule has 0 aliphatic heterocycles. The van der Waals surface area contributed by atoms with Crippen LogP contribution in [0.4, 0.5) is 5.69 Å². The first-order valence-electron chi connectivity index (χ1n) is 7.48. The van der Waals surface area contributed by atoms with Crippen LogP contribution in [0.5, 0.6) is 5.75 Å². The van der Waals surface area contributed by atoms with Crippen molar-refractivity contribution in [2.45, 2.75) is 0 Å². The molecule has 122 valence electrons. The van der Waals surface area contributed by atoms with Crippen molar-refractivity contribution in [2.24, 2.45) is 0 Å². The highest BCUT2D eigenvalue weighted by Gasteiger charge is 2.09. The summed E-state index contributed by atoms with van der Waals surface area (Å²) < 4.78 is 8.37. The summed E-state index contributed by atoms with van der Waals surface area (Å²) in [6, 6.07) is 14.8. The van der Waals surface area contributed by atoms with Crippen LogP contribution in [0.15, 0.2) is 59.6 Å². The quantitative estimate of drug-likeness (QED) is 0.599. The first-order valence-corrected chi connectivity index (χ1v) is 8.27. The second-order valence-electron chi connectivity index (χ2n) is 5.16. The Morgan fingerprint density at radius 2 is 1.88 bits per heavy atom. The summed E-state index contributed by atoms with van der Waals surface area (Å²) >= 11 is 3.39. The molecule has 0 atom stereocenters. The monoisotopic (exact) mass is 393 g/mol. The molecule has 8 heteroatoms. The Bertz CT molecular complexity index is 877. The standard InChI is InChI=1S/C17H13BBrN5O/c18-16-6-5-15(9-17(16)19)25-8-7-24(23-11-21-22-12-23)14-3-1-13(10-20)2-4-14/h1-6,9,11-12H,7-8H2. The molecule has 0 saturated heterocycles. The van der Waals surface area contributed by atoms with Gasteiger partial charge in [0.2, 0.25) is 0 Å². The van der Waals surface area contributed by atoms with Gasteiger partial charge in [-0.15, -0.1) is 10.2 Å². The van der Waals surface area contributed by atoms with Gasteiger partial charge in [-0.2, -0.15) is 5.26 Å². The van der Waals surface area contributed by atoms with Gasteiger partial charge in [-0.05, 0) is 36.4 Å². The molecule has 2 aromatic carbocycles. The van der Waals surface area contributed by atoms with Crippen molar-refractivity contribution >= 4 is 34.9 Å². The molecule has 0 aliphatic rings. The van der Waals surface area contributed by atoms with E-state index in [9.17, 15) is 0 Å². The third-order valence-electron chi connectivity index (χ3n) is 3.52. The Morgan fingerprint density at radius 3 is 2.52 bits per heavy atom. The normalized spacial score (nSPS) is 10.2. The molecule has 0 N–H and O–H groups in total. The predicted octanol–water partition coefficient (Wildman–Crippen LogP) is 2.05. The lowest BCUT2D eigenvalue weighted by atomic mass is 9.97. The maximum absolute atomic E-state index is 8.94. The maximum atomic E-state index is 8.94. The number of aromatic nitrogens is 3. The van der Waals surface area contributed by atoms with Crippen molar-refractivity contribution in [1.82, 2.24) is 14.9 Å². The molecule has 1 heterocycles. The van der Waals surface area contributed by atoms with Crippen LogP contribution in [-0.4, -0.2) is 35.9 Å². The molecule has 3 aromatic rings. The molecule has 2 radical (unpaired) electrons. The Hall–Kier alpha value is -2.79. The second kappa shape index (κ2) is 7.86. The summed E-state index contributed by atoms with van der Waals surface area (Å²) in [6.07, 6.45) is 3.22. The number of nitrogens with zero attached hydrogens (tertiary/aromatic N) is 5. The van der Waals surface area contributed by atoms with Gasteiger partial charge in [-0.3, -0.25) is 5.01 Å². The van der Waals surface area contributed by atoms with E-state index in [0.717, 1.165) is 15.9 Å². The van der Waals surface area contributed by atoms with E-state index in [2.05, 4.69) is 32.2 Å². The zero-order valence-electron chi connectivity index (χ0n) is 13.2. The largest absolute Gasteiger partial charge is 0.492 e. The summed E-state index contributed by atoms with van der Waals surface area (Å²) in [6.45, 7) is 1.00. The van der Waals surface area contributed by atoms with Gasteiger partial charge >= 0.3 is 0 Å². The number of hydrogen-bond donors (Lipinski definition) is 0. The van der Waals surface area contributed by atoms with Gasteiger partial charge in [-0.1, -0.05) is 27.5 Å². The minimum absolute atomic E-state index is 0.439. The Morgan fingerprint density at radius 1 is 1.16 bits per heavy atom. The molecule has 0 amide bonds. The van der Waals surface area contributed by atoms with Crippen molar-refractivity contribution in [3.63, 3.8) is 0 Å². The topological polar surface area (TPSA) is 67.0 Å². The number of nitriles is 1. The Balaban J connectivity index is 1.72. The van der Waals surface area contributed by atoms with Gasteiger partial charge in [0.05, 0.1) is 23.9 Å². The van der Waals surface area contributed by atoms with Gasteiger partial charge in [0.1, 0.15) is 32.9 Å². The molecule has 0 fully saturated rings. The lowest BCUT2D eigenvalue weighted by Crippen LogP contribution is -2.32. The fraction of sp³-hybridized carbons (Fsp3) is 0.118. The van der Waals surface area contributed by atoms with Gasteiger partial charge < -0.3 is 4.74 Å². The fourth-order valence-corrected chi connectivity index (χ4v) is 2.61. The average molecular weight is 394 g/mol. The van der Waals surface area contributed by atoms with Crippen molar-refractivity contribution in [2.75, 3.05) is 18.2 Å². The van der Waals surface area contributed by atoms with E-state index in [1.807, 2.05) is 29.3 Å². The second-order valence-corrected chi connectivity index (χ2v) is 6.01. The van der Waals surface area contributed by atoms with Crippen molar-refractivity contribution < 1.29 is 4.74 Å². The first-order chi connectivity index (χ1) is 12.2. The molecule has 0 bridgehead atoms. The zero-order chi connectivity index (χ0) is 17.6. The third kappa shape index (κ3) is 4.19. The van der Waals surface area contributed by atoms with E-state index in [4.69, 9.17) is 17.8 Å². The average Bonchev–Trinajstić information content (AvgIpc) is 3.16. The minimum atomic E-state index is 0.439. The molecule has 0 unspecified atom stereocenters. The fourth-order valence-electron chi connectivity index (χ4n) is 2.25. The summed E-state index contributed by atoms with van der Waals surface area (Å²) in [5, 5.41) is 18.6. The molecular formula is C17H13BBrN5O. The van der Waals surface area contributed by atoms with E-state index in [1.165, 1.54) is 0 Å². The van der Waals surface area contributed by atoms with Crippen molar-refractivity contribution in [3.05, 3.63) is 65.2 Å². The highest BCUT2D eigenvalue weighted by Crippen LogP contribution is 2.18. The van der Waals surface area contributed by atoms with Crippen LogP contribution in [0.3, 0.4) is 0 Å².